The molecule has 1 aromatic carbocycles. The summed E-state index contributed by atoms with van der Waals surface area (Å²) < 4.78 is 15.9. The second-order valence-electron chi connectivity index (χ2n) is 6.56. The number of carbonyl (C=O) groups is 1. The number of nitrogens with zero attached hydrogens (tertiary/aromatic N) is 1. The zero-order valence-electron chi connectivity index (χ0n) is 14.3. The van der Waals surface area contributed by atoms with Crippen LogP contribution in [0.3, 0.4) is 0 Å². The van der Waals surface area contributed by atoms with Gasteiger partial charge in [-0.1, -0.05) is 0 Å². The molecule has 2 N–H and O–H groups in total. The number of amides is 1. The summed E-state index contributed by atoms with van der Waals surface area (Å²) in [5.74, 6) is 1.77. The number of hydrogen-bond donors (Lipinski definition) is 2. The highest BCUT2D eigenvalue weighted by Gasteiger charge is 2.36. The second kappa shape index (κ2) is 6.84. The van der Waals surface area contributed by atoms with Crippen LogP contribution < -0.4 is 19.5 Å². The highest BCUT2D eigenvalue weighted by molar-refractivity contribution is 5.95. The first kappa shape index (κ1) is 16.7. The standard InChI is InChI=1S/C19H20N2O5/c1-24-15-6-13(8-20-9-15)18(12-4-14(22)5-12)21-19(23)11-2-3-16-17(7-11)26-10-25-16/h2-3,6-9,12,14,18,22H,4-5,10H2,1H3,(H,21,23)/t12?,14?,18-/m0/s1. The van der Waals surface area contributed by atoms with Crippen molar-refractivity contribution in [3.05, 3.63) is 47.8 Å². The number of fused-ring (bicyclic) bond motifs is 1. The number of aromatic nitrogens is 1. The number of hydrogen-bond acceptors (Lipinski definition) is 6. The molecular formula is C19H20N2O5. The SMILES string of the molecule is COc1cncc([C@@H](NC(=O)c2ccc3c(c2)OCO3)C2CC(O)C2)c1. The summed E-state index contributed by atoms with van der Waals surface area (Å²) >= 11 is 0. The van der Waals surface area contributed by atoms with Crippen molar-refractivity contribution in [2.75, 3.05) is 13.9 Å². The summed E-state index contributed by atoms with van der Waals surface area (Å²) in [6.07, 6.45) is 4.31. The van der Waals surface area contributed by atoms with E-state index in [1.807, 2.05) is 6.07 Å². The lowest BCUT2D eigenvalue weighted by Gasteiger charge is -2.38. The van der Waals surface area contributed by atoms with E-state index in [1.165, 1.54) is 0 Å². The topological polar surface area (TPSA) is 89.9 Å². The summed E-state index contributed by atoms with van der Waals surface area (Å²) in [5, 5.41) is 12.8. The number of ether oxygens (including phenoxy) is 3. The van der Waals surface area contributed by atoms with Crippen LogP contribution in [-0.4, -0.2) is 36.0 Å². The molecule has 1 saturated carbocycles. The maximum absolute atomic E-state index is 12.8. The smallest absolute Gasteiger partial charge is 0.251 e. The van der Waals surface area contributed by atoms with E-state index < -0.39 is 0 Å². The Bertz CT molecular complexity index is 819. The van der Waals surface area contributed by atoms with E-state index in [0.717, 1.165) is 5.56 Å². The normalized spacial score (nSPS) is 21.6. The molecule has 0 unspecified atom stereocenters. The number of aliphatic hydroxyl groups excluding tert-OH is 1. The third-order valence-electron chi connectivity index (χ3n) is 4.87. The minimum Gasteiger partial charge on any atom is -0.495 e. The van der Waals surface area contributed by atoms with Crippen molar-refractivity contribution < 1.29 is 24.1 Å². The molecule has 2 aliphatic rings. The first-order valence-electron chi connectivity index (χ1n) is 8.51. The van der Waals surface area contributed by atoms with Crippen LogP contribution in [0.1, 0.15) is 34.8 Å². The first-order valence-corrected chi connectivity index (χ1v) is 8.51. The zero-order chi connectivity index (χ0) is 18.1. The minimum absolute atomic E-state index is 0.150. The predicted molar refractivity (Wildman–Crippen MR) is 92.3 cm³/mol. The quantitative estimate of drug-likeness (QED) is 0.852. The molecule has 1 amide bonds. The molecule has 1 fully saturated rings. The van der Waals surface area contributed by atoms with Crippen LogP contribution in [-0.2, 0) is 0 Å². The van der Waals surface area contributed by atoms with Gasteiger partial charge in [0.25, 0.3) is 5.91 Å². The average molecular weight is 356 g/mol. The third kappa shape index (κ3) is 3.17. The van der Waals surface area contributed by atoms with E-state index in [1.54, 1.807) is 37.7 Å². The van der Waals surface area contributed by atoms with Gasteiger partial charge in [0, 0.05) is 11.8 Å². The molecule has 7 nitrogen and oxygen atoms in total. The highest BCUT2D eigenvalue weighted by atomic mass is 16.7. The number of pyridine rings is 1. The van der Waals surface area contributed by atoms with Crippen LogP contribution in [0.2, 0.25) is 0 Å². The number of rotatable bonds is 5. The van der Waals surface area contributed by atoms with Crippen LogP contribution in [0.25, 0.3) is 0 Å². The zero-order valence-corrected chi connectivity index (χ0v) is 14.3. The van der Waals surface area contributed by atoms with Gasteiger partial charge in [-0.3, -0.25) is 9.78 Å². The van der Waals surface area contributed by atoms with Gasteiger partial charge in [0.15, 0.2) is 11.5 Å². The summed E-state index contributed by atoms with van der Waals surface area (Å²) in [5.41, 5.74) is 1.35. The van der Waals surface area contributed by atoms with Gasteiger partial charge in [0.2, 0.25) is 6.79 Å². The summed E-state index contributed by atoms with van der Waals surface area (Å²) in [7, 11) is 1.58. The second-order valence-corrected chi connectivity index (χ2v) is 6.56. The lowest BCUT2D eigenvalue weighted by Crippen LogP contribution is -2.41. The van der Waals surface area contributed by atoms with Crippen LogP contribution in [0.15, 0.2) is 36.7 Å². The van der Waals surface area contributed by atoms with E-state index in [-0.39, 0.29) is 30.8 Å². The Kier molecular flexibility index (Phi) is 4.38. The Morgan fingerprint density at radius 2 is 2.08 bits per heavy atom. The molecule has 7 heteroatoms. The van der Waals surface area contributed by atoms with Gasteiger partial charge in [0.05, 0.1) is 25.5 Å². The van der Waals surface area contributed by atoms with Crippen molar-refractivity contribution in [1.82, 2.24) is 10.3 Å². The van der Waals surface area contributed by atoms with Crippen molar-refractivity contribution in [1.29, 1.82) is 0 Å². The number of aliphatic hydroxyl groups is 1. The van der Waals surface area contributed by atoms with Gasteiger partial charge < -0.3 is 24.6 Å². The molecule has 26 heavy (non-hydrogen) atoms. The largest absolute Gasteiger partial charge is 0.495 e. The van der Waals surface area contributed by atoms with E-state index in [0.29, 0.717) is 35.7 Å². The van der Waals surface area contributed by atoms with Crippen molar-refractivity contribution in [3.8, 4) is 17.2 Å². The fourth-order valence-corrected chi connectivity index (χ4v) is 3.36. The molecule has 1 aliphatic carbocycles. The molecule has 0 saturated heterocycles. The fourth-order valence-electron chi connectivity index (χ4n) is 3.36. The lowest BCUT2D eigenvalue weighted by atomic mass is 9.75. The summed E-state index contributed by atoms with van der Waals surface area (Å²) in [4.78, 5) is 17.0. The van der Waals surface area contributed by atoms with Crippen molar-refractivity contribution in [2.24, 2.45) is 5.92 Å². The van der Waals surface area contributed by atoms with E-state index in [2.05, 4.69) is 10.3 Å². The van der Waals surface area contributed by atoms with Gasteiger partial charge in [-0.05, 0) is 48.6 Å². The van der Waals surface area contributed by atoms with Crippen molar-refractivity contribution >= 4 is 5.91 Å². The van der Waals surface area contributed by atoms with Gasteiger partial charge in [0.1, 0.15) is 5.75 Å². The Labute approximate surface area is 150 Å². The van der Waals surface area contributed by atoms with E-state index in [4.69, 9.17) is 14.2 Å². The maximum Gasteiger partial charge on any atom is 0.251 e. The molecule has 2 heterocycles. The first-order chi connectivity index (χ1) is 12.6. The number of methoxy groups -OCH3 is 1. The molecule has 0 radical (unpaired) electrons. The van der Waals surface area contributed by atoms with Gasteiger partial charge >= 0.3 is 0 Å². The van der Waals surface area contributed by atoms with Gasteiger partial charge in [-0.2, -0.15) is 0 Å². The predicted octanol–water partition coefficient (Wildman–Crippen LogP) is 2.06. The number of benzene rings is 1. The van der Waals surface area contributed by atoms with Crippen LogP contribution in [0, 0.1) is 5.92 Å². The summed E-state index contributed by atoms with van der Waals surface area (Å²) in [6, 6.07) is 6.72. The Hall–Kier alpha value is -2.80. The molecule has 0 spiro atoms. The Morgan fingerprint density at radius 3 is 2.85 bits per heavy atom. The molecule has 136 valence electrons. The average Bonchev–Trinajstić information content (AvgIpc) is 3.11. The van der Waals surface area contributed by atoms with Crippen molar-refractivity contribution in [2.45, 2.75) is 25.0 Å². The van der Waals surface area contributed by atoms with Crippen LogP contribution in [0.4, 0.5) is 0 Å². The van der Waals surface area contributed by atoms with Gasteiger partial charge in [-0.15, -0.1) is 0 Å². The summed E-state index contributed by atoms with van der Waals surface area (Å²) in [6.45, 7) is 0.165. The van der Waals surface area contributed by atoms with E-state index >= 15 is 0 Å². The molecule has 1 aromatic heterocycles. The number of nitrogens with one attached hydrogen (secondary N) is 1. The lowest BCUT2D eigenvalue weighted by molar-refractivity contribution is 0.0234. The Balaban J connectivity index is 1.57. The molecule has 1 atom stereocenters. The van der Waals surface area contributed by atoms with Crippen LogP contribution in [0.5, 0.6) is 17.2 Å². The monoisotopic (exact) mass is 356 g/mol. The highest BCUT2D eigenvalue weighted by Crippen LogP contribution is 2.39. The van der Waals surface area contributed by atoms with Crippen molar-refractivity contribution in [3.63, 3.8) is 0 Å². The van der Waals surface area contributed by atoms with Crippen LogP contribution >= 0.6 is 0 Å². The molecule has 2 aromatic rings. The molecule has 1 aliphatic heterocycles. The van der Waals surface area contributed by atoms with Gasteiger partial charge in [-0.25, -0.2) is 0 Å². The third-order valence-corrected chi connectivity index (χ3v) is 4.87. The molecule has 0 bridgehead atoms. The van der Waals surface area contributed by atoms with E-state index in [9.17, 15) is 9.90 Å². The number of carbonyl (C=O) groups excluding carboxylic acids is 1. The fraction of sp³-hybridized carbons (Fsp3) is 0.368. The Morgan fingerprint density at radius 1 is 1.27 bits per heavy atom. The molecular weight excluding hydrogens is 336 g/mol. The molecule has 4 rings (SSSR count). The maximum atomic E-state index is 12.8. The minimum atomic E-state index is -0.316.